The van der Waals surface area contributed by atoms with Gasteiger partial charge in [0.25, 0.3) is 0 Å². The van der Waals surface area contributed by atoms with Crippen LogP contribution in [0.3, 0.4) is 0 Å². The standard InChI is InChI=1S/C23H30N4O/c1-16(2)7-8-18-14-25-22(20(15-28)26-18)27-11-9-23(10-12-27)13-17-5-3-4-6-19(17)21(23)24/h3-8,14,16,21,28H,9-13,15,24H2,1-2H3/t21-/m1/s1. The lowest BCUT2D eigenvalue weighted by Gasteiger charge is -2.42. The summed E-state index contributed by atoms with van der Waals surface area (Å²) in [5, 5.41) is 9.84. The number of hydrogen-bond donors (Lipinski definition) is 2. The van der Waals surface area contributed by atoms with Crippen LogP contribution in [0.5, 0.6) is 0 Å². The molecule has 1 aliphatic carbocycles. The minimum atomic E-state index is -0.0989. The van der Waals surface area contributed by atoms with Crippen LogP contribution in [0.1, 0.15) is 55.2 Å². The zero-order chi connectivity index (χ0) is 19.7. The number of aliphatic hydroxyl groups is 1. The van der Waals surface area contributed by atoms with Crippen molar-refractivity contribution in [3.63, 3.8) is 0 Å². The first kappa shape index (κ1) is 19.1. The quantitative estimate of drug-likeness (QED) is 0.852. The molecule has 0 radical (unpaired) electrons. The smallest absolute Gasteiger partial charge is 0.152 e. The molecule has 1 atom stereocenters. The molecule has 1 aromatic carbocycles. The minimum Gasteiger partial charge on any atom is -0.390 e. The van der Waals surface area contributed by atoms with Crippen LogP contribution in [0.2, 0.25) is 0 Å². The Morgan fingerprint density at radius 1 is 1.29 bits per heavy atom. The number of fused-ring (bicyclic) bond motifs is 1. The lowest BCUT2D eigenvalue weighted by Crippen LogP contribution is -2.45. The molecule has 1 spiro atoms. The van der Waals surface area contributed by atoms with E-state index in [1.807, 2.05) is 6.08 Å². The van der Waals surface area contributed by atoms with Crippen LogP contribution in [0, 0.1) is 11.3 Å². The lowest BCUT2D eigenvalue weighted by molar-refractivity contribution is 0.186. The highest BCUT2D eigenvalue weighted by molar-refractivity contribution is 5.50. The molecule has 0 saturated carbocycles. The van der Waals surface area contributed by atoms with Gasteiger partial charge in [-0.1, -0.05) is 44.2 Å². The molecule has 0 bridgehead atoms. The van der Waals surface area contributed by atoms with Crippen molar-refractivity contribution in [1.29, 1.82) is 0 Å². The molecule has 1 fully saturated rings. The first-order chi connectivity index (χ1) is 13.5. The number of anilines is 1. The summed E-state index contributed by atoms with van der Waals surface area (Å²) in [6.45, 7) is 5.94. The second kappa shape index (κ2) is 7.64. The van der Waals surface area contributed by atoms with Crippen LogP contribution in [0.4, 0.5) is 5.82 Å². The normalized spacial score (nSPS) is 21.0. The van der Waals surface area contributed by atoms with Gasteiger partial charge in [0.2, 0.25) is 0 Å². The van der Waals surface area contributed by atoms with Crippen LogP contribution >= 0.6 is 0 Å². The highest BCUT2D eigenvalue weighted by atomic mass is 16.3. The number of benzene rings is 1. The van der Waals surface area contributed by atoms with E-state index in [2.05, 4.69) is 59.1 Å². The second-order valence-electron chi connectivity index (χ2n) is 8.53. The fourth-order valence-electron chi connectivity index (χ4n) is 4.65. The Morgan fingerprint density at radius 3 is 2.71 bits per heavy atom. The van der Waals surface area contributed by atoms with E-state index in [-0.39, 0.29) is 18.1 Å². The molecular formula is C23H30N4O. The zero-order valence-corrected chi connectivity index (χ0v) is 16.8. The van der Waals surface area contributed by atoms with Crippen molar-refractivity contribution >= 4 is 11.9 Å². The summed E-state index contributed by atoms with van der Waals surface area (Å²) in [5.74, 6) is 1.26. The molecule has 0 amide bonds. The van der Waals surface area contributed by atoms with E-state index >= 15 is 0 Å². The molecule has 1 saturated heterocycles. The molecule has 2 aliphatic rings. The van der Waals surface area contributed by atoms with E-state index in [1.165, 1.54) is 11.1 Å². The summed E-state index contributed by atoms with van der Waals surface area (Å²) in [5.41, 5.74) is 11.0. The van der Waals surface area contributed by atoms with E-state index in [9.17, 15) is 5.11 Å². The van der Waals surface area contributed by atoms with Gasteiger partial charge in [-0.2, -0.15) is 0 Å². The fourth-order valence-corrected chi connectivity index (χ4v) is 4.65. The Kier molecular flexibility index (Phi) is 5.21. The number of allylic oxidation sites excluding steroid dienone is 1. The van der Waals surface area contributed by atoms with Crippen molar-refractivity contribution in [2.45, 2.75) is 45.8 Å². The van der Waals surface area contributed by atoms with Crippen molar-refractivity contribution in [2.75, 3.05) is 18.0 Å². The Bertz CT molecular complexity index is 869. The van der Waals surface area contributed by atoms with E-state index in [1.54, 1.807) is 6.20 Å². The maximum Gasteiger partial charge on any atom is 0.152 e. The Hall–Kier alpha value is -2.24. The van der Waals surface area contributed by atoms with Gasteiger partial charge < -0.3 is 15.7 Å². The maximum atomic E-state index is 9.84. The summed E-state index contributed by atoms with van der Waals surface area (Å²) >= 11 is 0. The number of aliphatic hydroxyl groups excluding tert-OH is 1. The van der Waals surface area contributed by atoms with Gasteiger partial charge >= 0.3 is 0 Å². The summed E-state index contributed by atoms with van der Waals surface area (Å²) in [4.78, 5) is 11.5. The van der Waals surface area contributed by atoms with Gasteiger partial charge in [0, 0.05) is 19.1 Å². The minimum absolute atomic E-state index is 0.0989. The summed E-state index contributed by atoms with van der Waals surface area (Å²) < 4.78 is 0. The molecule has 1 aliphatic heterocycles. The fraction of sp³-hybridized carbons (Fsp3) is 0.478. The van der Waals surface area contributed by atoms with Gasteiger partial charge in [0.05, 0.1) is 18.5 Å². The third-order valence-electron chi connectivity index (χ3n) is 6.29. The van der Waals surface area contributed by atoms with Crippen molar-refractivity contribution in [1.82, 2.24) is 9.97 Å². The molecule has 2 heterocycles. The second-order valence-corrected chi connectivity index (χ2v) is 8.53. The van der Waals surface area contributed by atoms with E-state index in [0.717, 1.165) is 43.9 Å². The van der Waals surface area contributed by atoms with Crippen LogP contribution in [-0.2, 0) is 13.0 Å². The number of nitrogens with zero attached hydrogens (tertiary/aromatic N) is 3. The molecule has 3 N–H and O–H groups in total. The van der Waals surface area contributed by atoms with Crippen LogP contribution in [-0.4, -0.2) is 28.2 Å². The topological polar surface area (TPSA) is 75.3 Å². The van der Waals surface area contributed by atoms with E-state index in [4.69, 9.17) is 5.73 Å². The largest absolute Gasteiger partial charge is 0.390 e. The lowest BCUT2D eigenvalue weighted by atomic mass is 9.73. The number of aromatic nitrogens is 2. The number of piperidine rings is 1. The van der Waals surface area contributed by atoms with Crippen molar-refractivity contribution in [3.05, 3.63) is 59.1 Å². The number of nitrogens with two attached hydrogens (primary N) is 1. The molecule has 4 rings (SSSR count). The van der Waals surface area contributed by atoms with Crippen molar-refractivity contribution in [2.24, 2.45) is 17.1 Å². The van der Waals surface area contributed by atoms with Gasteiger partial charge in [-0.3, -0.25) is 0 Å². The van der Waals surface area contributed by atoms with Gasteiger partial charge in [-0.15, -0.1) is 0 Å². The summed E-state index contributed by atoms with van der Waals surface area (Å²) in [6.07, 6.45) is 8.99. The Morgan fingerprint density at radius 2 is 2.04 bits per heavy atom. The summed E-state index contributed by atoms with van der Waals surface area (Å²) in [6, 6.07) is 8.70. The highest BCUT2D eigenvalue weighted by Crippen LogP contribution is 2.50. The molecule has 5 nitrogen and oxygen atoms in total. The predicted molar refractivity (Wildman–Crippen MR) is 113 cm³/mol. The molecular weight excluding hydrogens is 348 g/mol. The molecule has 0 unspecified atom stereocenters. The first-order valence-corrected chi connectivity index (χ1v) is 10.3. The van der Waals surface area contributed by atoms with Crippen LogP contribution < -0.4 is 10.6 Å². The monoisotopic (exact) mass is 378 g/mol. The Labute approximate surface area is 167 Å². The predicted octanol–water partition coefficient (Wildman–Crippen LogP) is 3.48. The van der Waals surface area contributed by atoms with Gasteiger partial charge in [-0.25, -0.2) is 9.97 Å². The Balaban J connectivity index is 1.50. The molecule has 28 heavy (non-hydrogen) atoms. The maximum absolute atomic E-state index is 9.84. The van der Waals surface area contributed by atoms with Gasteiger partial charge in [-0.05, 0) is 47.8 Å². The number of rotatable bonds is 4. The SMILES string of the molecule is CC(C)C=Cc1cnc(N2CCC3(CC2)Cc2ccccc2[C@H]3N)c(CO)n1. The highest BCUT2D eigenvalue weighted by Gasteiger charge is 2.46. The third kappa shape index (κ3) is 3.45. The first-order valence-electron chi connectivity index (χ1n) is 10.3. The molecule has 5 heteroatoms. The van der Waals surface area contributed by atoms with Crippen molar-refractivity contribution < 1.29 is 5.11 Å². The molecule has 148 valence electrons. The van der Waals surface area contributed by atoms with Crippen LogP contribution in [0.25, 0.3) is 6.08 Å². The van der Waals surface area contributed by atoms with Gasteiger partial charge in [0.15, 0.2) is 5.82 Å². The van der Waals surface area contributed by atoms with E-state index < -0.39 is 0 Å². The zero-order valence-electron chi connectivity index (χ0n) is 16.8. The average molecular weight is 379 g/mol. The van der Waals surface area contributed by atoms with E-state index in [0.29, 0.717) is 11.6 Å². The van der Waals surface area contributed by atoms with Crippen molar-refractivity contribution in [3.8, 4) is 0 Å². The van der Waals surface area contributed by atoms with Gasteiger partial charge in [0.1, 0.15) is 5.69 Å². The average Bonchev–Trinajstić information content (AvgIpc) is 2.98. The third-order valence-corrected chi connectivity index (χ3v) is 6.29. The number of hydrogen-bond acceptors (Lipinski definition) is 5. The molecule has 1 aromatic heterocycles. The van der Waals surface area contributed by atoms with Crippen LogP contribution in [0.15, 0.2) is 36.5 Å². The summed E-state index contributed by atoms with van der Waals surface area (Å²) in [7, 11) is 0. The molecule has 2 aromatic rings.